The van der Waals surface area contributed by atoms with Crippen LogP contribution in [0.1, 0.15) is 5.56 Å². The van der Waals surface area contributed by atoms with Gasteiger partial charge in [-0.3, -0.25) is 0 Å². The summed E-state index contributed by atoms with van der Waals surface area (Å²) in [4.78, 5) is 0. The van der Waals surface area contributed by atoms with Crippen LogP contribution in [0.5, 0.6) is 0 Å². The van der Waals surface area contributed by atoms with E-state index in [1.165, 1.54) is 18.2 Å². The van der Waals surface area contributed by atoms with Crippen LogP contribution < -0.4 is 0 Å². The molecule has 0 saturated heterocycles. The van der Waals surface area contributed by atoms with Crippen LogP contribution in [0.2, 0.25) is 10.0 Å². The summed E-state index contributed by atoms with van der Waals surface area (Å²) < 4.78 is 32.8. The molecule has 0 aliphatic heterocycles. The van der Waals surface area contributed by atoms with E-state index >= 15 is 0 Å². The highest BCUT2D eigenvalue weighted by molar-refractivity contribution is 7.85. The van der Waals surface area contributed by atoms with Gasteiger partial charge in [-0.2, -0.15) is 8.42 Å². The van der Waals surface area contributed by atoms with Gasteiger partial charge in [0.2, 0.25) is 0 Å². The molecule has 0 amide bonds. The SMILES string of the molecule is O=S(=O)(F)Cc1cccc(Cl)c1Cl. The first-order valence-corrected chi connectivity index (χ1v) is 5.56. The molecular weight excluding hydrogens is 238 g/mol. The van der Waals surface area contributed by atoms with E-state index in [0.29, 0.717) is 0 Å². The molecule has 0 heterocycles. The fourth-order valence-electron chi connectivity index (χ4n) is 0.846. The summed E-state index contributed by atoms with van der Waals surface area (Å²) in [5.74, 6) is -0.744. The van der Waals surface area contributed by atoms with Crippen LogP contribution in [0.3, 0.4) is 0 Å². The molecule has 0 unspecified atom stereocenters. The molecule has 6 heteroatoms. The standard InChI is InChI=1S/C7H5Cl2FO2S/c8-6-3-1-2-5(7(6)9)4-13(10,11)12/h1-3H,4H2. The summed E-state index contributed by atoms with van der Waals surface area (Å²) >= 11 is 11.2. The van der Waals surface area contributed by atoms with Crippen molar-refractivity contribution in [1.29, 1.82) is 0 Å². The van der Waals surface area contributed by atoms with Crippen LogP contribution in [0, 0.1) is 0 Å². The Morgan fingerprint density at radius 1 is 1.31 bits per heavy atom. The molecule has 1 rings (SSSR count). The minimum absolute atomic E-state index is 0.0744. The van der Waals surface area contributed by atoms with E-state index in [1.54, 1.807) is 0 Å². The lowest BCUT2D eigenvalue weighted by Gasteiger charge is -2.01. The molecule has 2 nitrogen and oxygen atoms in total. The van der Waals surface area contributed by atoms with Crippen LogP contribution in [-0.4, -0.2) is 8.42 Å². The van der Waals surface area contributed by atoms with E-state index in [4.69, 9.17) is 23.2 Å². The van der Waals surface area contributed by atoms with Crippen molar-refractivity contribution in [3.05, 3.63) is 33.8 Å². The smallest absolute Gasteiger partial charge is 0.194 e. The first kappa shape index (κ1) is 10.8. The normalized spacial score (nSPS) is 11.6. The molecular formula is C7H5Cl2FO2S. The number of benzene rings is 1. The maximum atomic E-state index is 12.3. The number of rotatable bonds is 2. The minimum atomic E-state index is -4.56. The van der Waals surface area contributed by atoms with Crippen molar-refractivity contribution in [2.75, 3.05) is 0 Å². The second kappa shape index (κ2) is 3.82. The van der Waals surface area contributed by atoms with Crippen molar-refractivity contribution < 1.29 is 12.3 Å². The van der Waals surface area contributed by atoms with Crippen LogP contribution in [0.25, 0.3) is 0 Å². The summed E-state index contributed by atoms with van der Waals surface area (Å²) in [6, 6.07) is 4.41. The zero-order valence-electron chi connectivity index (χ0n) is 6.30. The van der Waals surface area contributed by atoms with E-state index in [-0.39, 0.29) is 15.6 Å². The third kappa shape index (κ3) is 3.14. The van der Waals surface area contributed by atoms with Gasteiger partial charge in [0.1, 0.15) is 5.75 Å². The Kier molecular flexibility index (Phi) is 3.16. The minimum Gasteiger partial charge on any atom is -0.194 e. The molecule has 72 valence electrons. The third-order valence-electron chi connectivity index (χ3n) is 1.36. The molecule has 0 bridgehead atoms. The van der Waals surface area contributed by atoms with Crippen molar-refractivity contribution in [1.82, 2.24) is 0 Å². The number of halogens is 3. The Bertz CT molecular complexity index is 417. The van der Waals surface area contributed by atoms with Gasteiger partial charge in [0.15, 0.2) is 0 Å². The highest BCUT2D eigenvalue weighted by Crippen LogP contribution is 2.26. The van der Waals surface area contributed by atoms with E-state index in [9.17, 15) is 12.3 Å². The van der Waals surface area contributed by atoms with Gasteiger partial charge >= 0.3 is 10.2 Å². The van der Waals surface area contributed by atoms with Gasteiger partial charge < -0.3 is 0 Å². The van der Waals surface area contributed by atoms with Gasteiger partial charge in [-0.05, 0) is 11.6 Å². The molecule has 13 heavy (non-hydrogen) atoms. The van der Waals surface area contributed by atoms with Gasteiger partial charge in [0.25, 0.3) is 0 Å². The summed E-state index contributed by atoms with van der Waals surface area (Å²) in [5.41, 5.74) is 0.164. The Morgan fingerprint density at radius 3 is 2.46 bits per heavy atom. The summed E-state index contributed by atoms with van der Waals surface area (Å²) in [6.07, 6.45) is 0. The van der Waals surface area contributed by atoms with Crippen LogP contribution >= 0.6 is 23.2 Å². The zero-order valence-corrected chi connectivity index (χ0v) is 8.63. The van der Waals surface area contributed by atoms with Gasteiger partial charge in [-0.15, -0.1) is 3.89 Å². The van der Waals surface area contributed by atoms with Crippen molar-refractivity contribution in [3.63, 3.8) is 0 Å². The summed E-state index contributed by atoms with van der Waals surface area (Å²) in [7, 11) is -4.56. The maximum absolute atomic E-state index is 12.3. The molecule has 0 N–H and O–H groups in total. The summed E-state index contributed by atoms with van der Waals surface area (Å²) in [6.45, 7) is 0. The van der Waals surface area contributed by atoms with E-state index in [0.717, 1.165) is 0 Å². The second-order valence-electron chi connectivity index (χ2n) is 2.40. The fourth-order valence-corrected chi connectivity index (χ4v) is 1.92. The number of hydrogen-bond donors (Lipinski definition) is 0. The van der Waals surface area contributed by atoms with Crippen molar-refractivity contribution in [2.45, 2.75) is 5.75 Å². The van der Waals surface area contributed by atoms with Crippen LogP contribution in [0.4, 0.5) is 3.89 Å². The largest absolute Gasteiger partial charge is 0.306 e. The van der Waals surface area contributed by atoms with E-state index in [1.807, 2.05) is 0 Å². The lowest BCUT2D eigenvalue weighted by atomic mass is 10.2. The summed E-state index contributed by atoms with van der Waals surface area (Å²) in [5, 5.41) is 0.285. The van der Waals surface area contributed by atoms with Crippen LogP contribution in [0.15, 0.2) is 18.2 Å². The van der Waals surface area contributed by atoms with Gasteiger partial charge in [-0.1, -0.05) is 35.3 Å². The Hall–Kier alpha value is -0.320. The molecule has 0 aliphatic carbocycles. The Labute approximate surface area is 85.5 Å². The fraction of sp³-hybridized carbons (Fsp3) is 0.143. The van der Waals surface area contributed by atoms with Crippen molar-refractivity contribution in [3.8, 4) is 0 Å². The average Bonchev–Trinajstić information content (AvgIpc) is 1.96. The van der Waals surface area contributed by atoms with Gasteiger partial charge in [0.05, 0.1) is 10.0 Å². The molecule has 0 aliphatic rings. The van der Waals surface area contributed by atoms with Gasteiger partial charge in [0, 0.05) is 0 Å². The second-order valence-corrected chi connectivity index (χ2v) is 4.55. The molecule has 0 aromatic heterocycles. The topological polar surface area (TPSA) is 34.1 Å². The Morgan fingerprint density at radius 2 is 1.92 bits per heavy atom. The predicted octanol–water partition coefficient (Wildman–Crippen LogP) is 2.79. The lowest BCUT2D eigenvalue weighted by molar-refractivity contribution is 0.551. The van der Waals surface area contributed by atoms with E-state index in [2.05, 4.69) is 0 Å². The average molecular weight is 243 g/mol. The molecule has 0 spiro atoms. The van der Waals surface area contributed by atoms with Gasteiger partial charge in [-0.25, -0.2) is 0 Å². The maximum Gasteiger partial charge on any atom is 0.306 e. The van der Waals surface area contributed by atoms with E-state index < -0.39 is 16.0 Å². The van der Waals surface area contributed by atoms with Crippen molar-refractivity contribution >= 4 is 33.4 Å². The quantitative estimate of drug-likeness (QED) is 0.748. The zero-order chi connectivity index (χ0) is 10.1. The Balaban J connectivity index is 3.10. The molecule has 0 atom stereocenters. The highest BCUT2D eigenvalue weighted by atomic mass is 35.5. The van der Waals surface area contributed by atoms with Crippen LogP contribution in [-0.2, 0) is 16.0 Å². The monoisotopic (exact) mass is 242 g/mol. The molecule has 0 radical (unpaired) electrons. The molecule has 0 saturated carbocycles. The first-order valence-electron chi connectivity index (χ1n) is 3.25. The predicted molar refractivity (Wildman–Crippen MR) is 50.2 cm³/mol. The molecule has 1 aromatic carbocycles. The molecule has 0 fully saturated rings. The third-order valence-corrected chi connectivity index (χ3v) is 2.87. The molecule has 1 aromatic rings. The lowest BCUT2D eigenvalue weighted by Crippen LogP contribution is -1.96. The first-order chi connectivity index (χ1) is 5.90. The highest BCUT2D eigenvalue weighted by Gasteiger charge is 2.13. The number of hydrogen-bond acceptors (Lipinski definition) is 2. The van der Waals surface area contributed by atoms with Crippen molar-refractivity contribution in [2.24, 2.45) is 0 Å².